The maximum atomic E-state index is 13.0. The molecule has 30 heavy (non-hydrogen) atoms. The third-order valence-corrected chi connectivity index (χ3v) is 5.63. The second kappa shape index (κ2) is 9.63. The van der Waals surface area contributed by atoms with Gasteiger partial charge in [-0.15, -0.1) is 6.58 Å². The van der Waals surface area contributed by atoms with Gasteiger partial charge in [0.25, 0.3) is 11.8 Å². The number of halogens is 3. The maximum absolute atomic E-state index is 13.0. The Hall–Kier alpha value is -2.36. The van der Waals surface area contributed by atoms with E-state index in [-0.39, 0.29) is 29.7 Å². The normalized spacial score (nSPS) is 15.4. The first-order chi connectivity index (χ1) is 14.3. The van der Waals surface area contributed by atoms with E-state index in [1.807, 2.05) is 0 Å². The number of carbonyl (C=O) groups is 2. The highest BCUT2D eigenvalue weighted by atomic mass is 79.9. The molecule has 1 aliphatic rings. The summed E-state index contributed by atoms with van der Waals surface area (Å²) in [5.74, 6) is -0.829. The predicted molar refractivity (Wildman–Crippen MR) is 123 cm³/mol. The third-order valence-electron chi connectivity index (χ3n) is 4.13. The number of nitrogens with one attached hydrogen (secondary N) is 1. The Balaban J connectivity index is 1.84. The number of amides is 2. The van der Waals surface area contributed by atoms with Crippen LogP contribution in [0.2, 0.25) is 0 Å². The Kier molecular flexibility index (Phi) is 7.17. The highest BCUT2D eigenvalue weighted by molar-refractivity contribution is 9.11. The summed E-state index contributed by atoms with van der Waals surface area (Å²) in [6.07, 6.45) is 3.01. The van der Waals surface area contributed by atoms with Crippen molar-refractivity contribution < 1.29 is 18.7 Å². The van der Waals surface area contributed by atoms with E-state index in [0.717, 1.165) is 5.56 Å². The summed E-state index contributed by atoms with van der Waals surface area (Å²) in [5, 5.41) is 2.55. The predicted octanol–water partition coefficient (Wildman–Crippen LogP) is 4.74. The highest BCUT2D eigenvalue weighted by Crippen LogP contribution is 2.36. The van der Waals surface area contributed by atoms with E-state index in [4.69, 9.17) is 17.0 Å². The van der Waals surface area contributed by atoms with Crippen LogP contribution in [0.25, 0.3) is 6.08 Å². The summed E-state index contributed by atoms with van der Waals surface area (Å²) >= 11 is 11.9. The van der Waals surface area contributed by atoms with E-state index < -0.39 is 11.8 Å². The van der Waals surface area contributed by atoms with Crippen LogP contribution in [-0.2, 0) is 16.2 Å². The molecule has 0 aliphatic carbocycles. The quantitative estimate of drug-likeness (QED) is 0.243. The number of rotatable bonds is 6. The first-order valence-electron chi connectivity index (χ1n) is 8.66. The second-order valence-electron chi connectivity index (χ2n) is 6.25. The molecule has 2 aromatic rings. The van der Waals surface area contributed by atoms with E-state index in [1.54, 1.807) is 24.3 Å². The summed E-state index contributed by atoms with van der Waals surface area (Å²) in [6.45, 7) is 4.03. The fourth-order valence-electron chi connectivity index (χ4n) is 2.69. The summed E-state index contributed by atoms with van der Waals surface area (Å²) < 4.78 is 20.1. The van der Waals surface area contributed by atoms with Crippen molar-refractivity contribution >= 4 is 67.1 Å². The highest BCUT2D eigenvalue weighted by Gasteiger charge is 2.32. The van der Waals surface area contributed by atoms with Crippen LogP contribution < -0.4 is 10.1 Å². The van der Waals surface area contributed by atoms with Crippen LogP contribution in [0.5, 0.6) is 5.75 Å². The second-order valence-corrected chi connectivity index (χ2v) is 8.35. The molecule has 0 aromatic heterocycles. The Morgan fingerprint density at radius 2 is 1.80 bits per heavy atom. The Morgan fingerprint density at radius 1 is 1.17 bits per heavy atom. The largest absolute Gasteiger partial charge is 0.487 e. The van der Waals surface area contributed by atoms with Crippen molar-refractivity contribution in [1.29, 1.82) is 0 Å². The zero-order valence-electron chi connectivity index (χ0n) is 15.5. The molecule has 154 valence electrons. The van der Waals surface area contributed by atoms with E-state index in [2.05, 4.69) is 43.8 Å². The SMILES string of the molecule is C=CCN1C(=O)/C(=C/c2cc(Br)c(OCc3ccc(F)cc3)c(Br)c2)C(=O)NC1=S. The number of nitrogens with zero attached hydrogens (tertiary/aromatic N) is 1. The molecule has 0 bridgehead atoms. The smallest absolute Gasteiger partial charge is 0.265 e. The minimum absolute atomic E-state index is 0.0377. The number of hydrogen-bond acceptors (Lipinski definition) is 4. The van der Waals surface area contributed by atoms with Crippen LogP contribution in [0, 0.1) is 5.82 Å². The Bertz CT molecular complexity index is 1050. The molecule has 0 unspecified atom stereocenters. The fraction of sp³-hybridized carbons (Fsp3) is 0.0952. The van der Waals surface area contributed by atoms with Crippen molar-refractivity contribution in [2.24, 2.45) is 0 Å². The summed E-state index contributed by atoms with van der Waals surface area (Å²) in [5.41, 5.74) is 1.38. The molecule has 0 spiro atoms. The fourth-order valence-corrected chi connectivity index (χ4v) is 4.39. The molecule has 1 aliphatic heterocycles. The molecule has 0 radical (unpaired) electrons. The zero-order chi connectivity index (χ0) is 21.8. The standard InChI is InChI=1S/C21H15Br2FN2O3S/c1-2-7-26-20(28)15(19(27)25-21(26)30)8-13-9-16(22)18(17(23)10-13)29-11-12-3-5-14(24)6-4-12/h2-6,8-10H,1,7,11H2,(H,25,27,30)/b15-8+. The van der Waals surface area contributed by atoms with E-state index in [1.165, 1.54) is 29.2 Å². The van der Waals surface area contributed by atoms with Gasteiger partial charge in [0.15, 0.2) is 5.11 Å². The molecular formula is C21H15Br2FN2O3S. The van der Waals surface area contributed by atoms with E-state index >= 15 is 0 Å². The van der Waals surface area contributed by atoms with Crippen molar-refractivity contribution in [3.8, 4) is 5.75 Å². The van der Waals surface area contributed by atoms with Crippen LogP contribution in [0.3, 0.4) is 0 Å². The van der Waals surface area contributed by atoms with Crippen LogP contribution >= 0.6 is 44.1 Å². The number of ether oxygens (including phenoxy) is 1. The molecule has 1 saturated heterocycles. The lowest BCUT2D eigenvalue weighted by Gasteiger charge is -2.27. The molecule has 1 N–H and O–H groups in total. The number of hydrogen-bond donors (Lipinski definition) is 1. The molecule has 9 heteroatoms. The van der Waals surface area contributed by atoms with Gasteiger partial charge in [0.1, 0.15) is 23.7 Å². The van der Waals surface area contributed by atoms with Gasteiger partial charge >= 0.3 is 0 Å². The topological polar surface area (TPSA) is 58.6 Å². The Labute approximate surface area is 194 Å². The monoisotopic (exact) mass is 552 g/mol. The molecular weight excluding hydrogens is 539 g/mol. The molecule has 1 heterocycles. The van der Waals surface area contributed by atoms with Crippen LogP contribution in [0.1, 0.15) is 11.1 Å². The molecule has 3 rings (SSSR count). The number of benzene rings is 2. The molecule has 0 saturated carbocycles. The first kappa shape index (κ1) is 22.3. The van der Waals surface area contributed by atoms with Gasteiger partial charge in [0.05, 0.1) is 8.95 Å². The van der Waals surface area contributed by atoms with Crippen LogP contribution in [0.4, 0.5) is 4.39 Å². The molecule has 5 nitrogen and oxygen atoms in total. The number of carbonyl (C=O) groups excluding carboxylic acids is 2. The van der Waals surface area contributed by atoms with Crippen molar-refractivity contribution in [2.45, 2.75) is 6.61 Å². The average Bonchev–Trinajstić information content (AvgIpc) is 2.69. The van der Waals surface area contributed by atoms with Gasteiger partial charge in [0.2, 0.25) is 0 Å². The number of thiocarbonyl (C=S) groups is 1. The van der Waals surface area contributed by atoms with Gasteiger partial charge < -0.3 is 4.74 Å². The zero-order valence-corrected chi connectivity index (χ0v) is 19.4. The minimum Gasteiger partial charge on any atom is -0.487 e. The van der Waals surface area contributed by atoms with Crippen molar-refractivity contribution in [1.82, 2.24) is 10.2 Å². The van der Waals surface area contributed by atoms with E-state index in [9.17, 15) is 14.0 Å². The van der Waals surface area contributed by atoms with E-state index in [0.29, 0.717) is 20.3 Å². The lowest BCUT2D eigenvalue weighted by Crippen LogP contribution is -2.53. The van der Waals surface area contributed by atoms with Gasteiger partial charge in [-0.3, -0.25) is 19.8 Å². The lowest BCUT2D eigenvalue weighted by molar-refractivity contribution is -0.128. The molecule has 1 fully saturated rings. The van der Waals surface area contributed by atoms with Gasteiger partial charge in [-0.2, -0.15) is 0 Å². The molecule has 2 amide bonds. The summed E-state index contributed by atoms with van der Waals surface area (Å²) in [7, 11) is 0. The lowest BCUT2D eigenvalue weighted by atomic mass is 10.1. The van der Waals surface area contributed by atoms with Gasteiger partial charge in [-0.05, 0) is 85.5 Å². The van der Waals surface area contributed by atoms with Gasteiger partial charge in [0, 0.05) is 6.54 Å². The maximum Gasteiger partial charge on any atom is 0.265 e. The molecule has 2 aromatic carbocycles. The third kappa shape index (κ3) is 5.03. The average molecular weight is 554 g/mol. The Morgan fingerprint density at radius 3 is 2.40 bits per heavy atom. The van der Waals surface area contributed by atoms with Crippen molar-refractivity contribution in [2.75, 3.05) is 6.54 Å². The van der Waals surface area contributed by atoms with Crippen LogP contribution in [-0.4, -0.2) is 28.4 Å². The first-order valence-corrected chi connectivity index (χ1v) is 10.7. The van der Waals surface area contributed by atoms with Crippen molar-refractivity contribution in [3.05, 3.63) is 80.5 Å². The van der Waals surface area contributed by atoms with Gasteiger partial charge in [-0.1, -0.05) is 18.2 Å². The minimum atomic E-state index is -0.561. The van der Waals surface area contributed by atoms with Gasteiger partial charge in [-0.25, -0.2) is 4.39 Å². The molecule has 0 atom stereocenters. The summed E-state index contributed by atoms with van der Waals surface area (Å²) in [4.78, 5) is 26.2. The summed E-state index contributed by atoms with van der Waals surface area (Å²) in [6, 6.07) is 9.47. The van der Waals surface area contributed by atoms with Crippen LogP contribution in [0.15, 0.2) is 63.6 Å². The van der Waals surface area contributed by atoms with Crippen molar-refractivity contribution in [3.63, 3.8) is 0 Å².